The molecule has 0 saturated heterocycles. The Morgan fingerprint density at radius 3 is 2.25 bits per heavy atom. The first kappa shape index (κ1) is 14.6. The fourth-order valence-corrected chi connectivity index (χ4v) is 1.92. The Labute approximate surface area is 118 Å². The Kier molecular flexibility index (Phi) is 4.45. The molecule has 0 saturated carbocycles. The minimum absolute atomic E-state index is 0.422. The summed E-state index contributed by atoms with van der Waals surface area (Å²) in [7, 11) is 2.03. The van der Waals surface area contributed by atoms with Gasteiger partial charge in [-0.1, -0.05) is 0 Å². The zero-order chi connectivity index (χ0) is 14.7. The third-order valence-corrected chi connectivity index (χ3v) is 3.30. The van der Waals surface area contributed by atoms with Gasteiger partial charge in [-0.25, -0.2) is 8.78 Å². The molecule has 20 heavy (non-hydrogen) atoms. The summed E-state index contributed by atoms with van der Waals surface area (Å²) in [6, 6.07) is 5.84. The summed E-state index contributed by atoms with van der Waals surface area (Å²) >= 11 is 0. The lowest BCUT2D eigenvalue weighted by Gasteiger charge is -2.21. The molecule has 4 heteroatoms. The zero-order valence-electron chi connectivity index (χ0n) is 11.9. The molecule has 0 spiro atoms. The molecule has 1 aromatic heterocycles. The maximum absolute atomic E-state index is 13.3. The van der Waals surface area contributed by atoms with Crippen LogP contribution in [-0.2, 0) is 6.54 Å². The first-order valence-electron chi connectivity index (χ1n) is 6.56. The Bertz CT molecular complexity index is 577. The molecule has 1 aromatic carbocycles. The number of nitrogens with zero attached hydrogens (tertiary/aromatic N) is 2. The first-order chi connectivity index (χ1) is 9.45. The first-order valence-corrected chi connectivity index (χ1v) is 6.56. The minimum Gasteiger partial charge on any atom is -0.300 e. The Morgan fingerprint density at radius 2 is 1.65 bits per heavy atom. The standard InChI is InChI=1S/C16H18F2N2/c1-11(2)20(3)10-12-4-14(9-19-8-12)13-5-15(17)7-16(18)6-13/h4-9,11H,10H2,1-3H3. The monoisotopic (exact) mass is 276 g/mol. The predicted octanol–water partition coefficient (Wildman–Crippen LogP) is 3.87. The fraction of sp³-hybridized carbons (Fsp3) is 0.312. The lowest BCUT2D eigenvalue weighted by molar-refractivity contribution is 0.265. The van der Waals surface area contributed by atoms with Crippen molar-refractivity contribution in [3.05, 3.63) is 53.9 Å². The van der Waals surface area contributed by atoms with Gasteiger partial charge in [-0.2, -0.15) is 0 Å². The Balaban J connectivity index is 2.29. The molecule has 0 radical (unpaired) electrons. The van der Waals surface area contributed by atoms with Crippen LogP contribution in [0, 0.1) is 11.6 Å². The number of benzene rings is 1. The van der Waals surface area contributed by atoms with E-state index in [1.54, 1.807) is 12.4 Å². The quantitative estimate of drug-likeness (QED) is 0.842. The summed E-state index contributed by atoms with van der Waals surface area (Å²) in [5.74, 6) is -1.16. The van der Waals surface area contributed by atoms with Crippen molar-refractivity contribution in [1.29, 1.82) is 0 Å². The van der Waals surface area contributed by atoms with Crippen LogP contribution in [0.4, 0.5) is 8.78 Å². The molecular weight excluding hydrogens is 258 g/mol. The number of halogens is 2. The Morgan fingerprint density at radius 1 is 1.00 bits per heavy atom. The number of hydrogen-bond acceptors (Lipinski definition) is 2. The minimum atomic E-state index is -0.579. The maximum atomic E-state index is 13.3. The van der Waals surface area contributed by atoms with Crippen molar-refractivity contribution >= 4 is 0 Å². The Hall–Kier alpha value is -1.81. The average Bonchev–Trinajstić information content (AvgIpc) is 2.37. The van der Waals surface area contributed by atoms with Crippen LogP contribution >= 0.6 is 0 Å². The largest absolute Gasteiger partial charge is 0.300 e. The normalized spacial score (nSPS) is 11.3. The van der Waals surface area contributed by atoms with E-state index in [9.17, 15) is 8.78 Å². The maximum Gasteiger partial charge on any atom is 0.126 e. The third-order valence-electron chi connectivity index (χ3n) is 3.30. The smallest absolute Gasteiger partial charge is 0.126 e. The third kappa shape index (κ3) is 3.61. The van der Waals surface area contributed by atoms with Crippen LogP contribution in [0.15, 0.2) is 36.7 Å². The van der Waals surface area contributed by atoms with Crippen LogP contribution in [0.2, 0.25) is 0 Å². The molecule has 2 nitrogen and oxygen atoms in total. The lowest BCUT2D eigenvalue weighted by atomic mass is 10.1. The molecule has 0 aliphatic rings. The second-order valence-electron chi connectivity index (χ2n) is 5.25. The highest BCUT2D eigenvalue weighted by Gasteiger charge is 2.07. The van der Waals surface area contributed by atoms with Gasteiger partial charge >= 0.3 is 0 Å². The van der Waals surface area contributed by atoms with E-state index in [1.165, 1.54) is 12.1 Å². The van der Waals surface area contributed by atoms with Crippen LogP contribution in [0.3, 0.4) is 0 Å². The molecule has 0 aliphatic carbocycles. The van der Waals surface area contributed by atoms with Crippen molar-refractivity contribution in [2.24, 2.45) is 0 Å². The molecule has 0 bridgehead atoms. The molecule has 0 unspecified atom stereocenters. The SMILES string of the molecule is CC(C)N(C)Cc1cncc(-c2cc(F)cc(F)c2)c1. The molecule has 1 heterocycles. The molecule has 0 atom stereocenters. The van der Waals surface area contributed by atoms with Crippen molar-refractivity contribution in [2.45, 2.75) is 26.4 Å². The molecular formula is C16H18F2N2. The number of pyridine rings is 1. The van der Waals surface area contributed by atoms with Gasteiger partial charge < -0.3 is 0 Å². The van der Waals surface area contributed by atoms with Crippen LogP contribution in [0.25, 0.3) is 11.1 Å². The van der Waals surface area contributed by atoms with E-state index in [0.29, 0.717) is 11.6 Å². The second kappa shape index (κ2) is 6.09. The average molecular weight is 276 g/mol. The second-order valence-corrected chi connectivity index (χ2v) is 5.25. The highest BCUT2D eigenvalue weighted by molar-refractivity contribution is 5.63. The summed E-state index contributed by atoms with van der Waals surface area (Å²) in [5.41, 5.74) is 2.24. The van der Waals surface area contributed by atoms with Crippen molar-refractivity contribution in [1.82, 2.24) is 9.88 Å². The van der Waals surface area contributed by atoms with Crippen molar-refractivity contribution in [3.8, 4) is 11.1 Å². The van der Waals surface area contributed by atoms with E-state index >= 15 is 0 Å². The van der Waals surface area contributed by atoms with E-state index in [4.69, 9.17) is 0 Å². The van der Waals surface area contributed by atoms with E-state index in [-0.39, 0.29) is 0 Å². The summed E-state index contributed by atoms with van der Waals surface area (Å²) in [6.45, 7) is 4.97. The summed E-state index contributed by atoms with van der Waals surface area (Å²) in [6.07, 6.45) is 3.39. The van der Waals surface area contributed by atoms with Crippen molar-refractivity contribution < 1.29 is 8.78 Å². The van der Waals surface area contributed by atoms with Gasteiger partial charge in [-0.05, 0) is 50.2 Å². The van der Waals surface area contributed by atoms with Gasteiger partial charge in [0.25, 0.3) is 0 Å². The number of rotatable bonds is 4. The van der Waals surface area contributed by atoms with Crippen LogP contribution in [0.1, 0.15) is 19.4 Å². The van der Waals surface area contributed by atoms with E-state index in [0.717, 1.165) is 23.7 Å². The predicted molar refractivity (Wildman–Crippen MR) is 76.2 cm³/mol. The van der Waals surface area contributed by atoms with Crippen molar-refractivity contribution in [3.63, 3.8) is 0 Å². The summed E-state index contributed by atoms with van der Waals surface area (Å²) in [4.78, 5) is 6.33. The summed E-state index contributed by atoms with van der Waals surface area (Å²) < 4.78 is 26.5. The van der Waals surface area contributed by atoms with E-state index in [2.05, 4.69) is 23.7 Å². The highest BCUT2D eigenvalue weighted by atomic mass is 19.1. The van der Waals surface area contributed by atoms with E-state index < -0.39 is 11.6 Å². The van der Waals surface area contributed by atoms with Gasteiger partial charge in [-0.15, -0.1) is 0 Å². The van der Waals surface area contributed by atoms with Gasteiger partial charge in [-0.3, -0.25) is 9.88 Å². The number of hydrogen-bond donors (Lipinski definition) is 0. The molecule has 2 aromatic rings. The summed E-state index contributed by atoms with van der Waals surface area (Å²) in [5, 5.41) is 0. The number of aromatic nitrogens is 1. The van der Waals surface area contributed by atoms with E-state index in [1.807, 2.05) is 13.1 Å². The fourth-order valence-electron chi connectivity index (χ4n) is 1.92. The molecule has 0 fully saturated rings. The molecule has 0 N–H and O–H groups in total. The van der Waals surface area contributed by atoms with Gasteiger partial charge in [0.2, 0.25) is 0 Å². The van der Waals surface area contributed by atoms with Gasteiger partial charge in [0.05, 0.1) is 0 Å². The lowest BCUT2D eigenvalue weighted by Crippen LogP contribution is -2.25. The van der Waals surface area contributed by atoms with Crippen LogP contribution < -0.4 is 0 Å². The molecule has 2 rings (SSSR count). The van der Waals surface area contributed by atoms with Crippen LogP contribution in [-0.4, -0.2) is 23.0 Å². The topological polar surface area (TPSA) is 16.1 Å². The molecule has 0 amide bonds. The highest BCUT2D eigenvalue weighted by Crippen LogP contribution is 2.22. The van der Waals surface area contributed by atoms with Crippen LogP contribution in [0.5, 0.6) is 0 Å². The molecule has 106 valence electrons. The molecule has 0 aliphatic heterocycles. The van der Waals surface area contributed by atoms with Crippen molar-refractivity contribution in [2.75, 3.05) is 7.05 Å². The van der Waals surface area contributed by atoms with Gasteiger partial charge in [0.15, 0.2) is 0 Å². The zero-order valence-corrected chi connectivity index (χ0v) is 11.9. The van der Waals surface area contributed by atoms with Gasteiger partial charge in [0.1, 0.15) is 11.6 Å². The van der Waals surface area contributed by atoms with Gasteiger partial charge in [0, 0.05) is 36.6 Å².